The van der Waals surface area contributed by atoms with Crippen molar-refractivity contribution in [3.63, 3.8) is 0 Å². The molecule has 0 aliphatic carbocycles. The highest BCUT2D eigenvalue weighted by Gasteiger charge is 2.42. The zero-order valence-corrected chi connectivity index (χ0v) is 22.1. The number of aliphatic hydroxyl groups is 2. The minimum absolute atomic E-state index is 0.00495. The zero-order chi connectivity index (χ0) is 28.8. The number of unbranched alkanes of at least 4 members (excludes halogenated alkanes) is 2. The summed E-state index contributed by atoms with van der Waals surface area (Å²) in [5.41, 5.74) is 11.8. The van der Waals surface area contributed by atoms with Gasteiger partial charge in [0.1, 0.15) is 24.3 Å². The maximum atomic E-state index is 12.1. The van der Waals surface area contributed by atoms with Crippen LogP contribution in [0.25, 0.3) is 0 Å². The van der Waals surface area contributed by atoms with Gasteiger partial charge in [-0.25, -0.2) is 4.79 Å². The number of aliphatic carboxylic acids is 1. The molecule has 4 unspecified atom stereocenters. The molecule has 39 heavy (non-hydrogen) atoms. The fourth-order valence-electron chi connectivity index (χ4n) is 4.27. The number of esters is 2. The molecular formula is C24H43N5O10. The van der Waals surface area contributed by atoms with Gasteiger partial charge in [-0.1, -0.05) is 6.42 Å². The van der Waals surface area contributed by atoms with Crippen LogP contribution in [0, 0.1) is 0 Å². The van der Waals surface area contributed by atoms with Gasteiger partial charge in [0.2, 0.25) is 5.91 Å². The summed E-state index contributed by atoms with van der Waals surface area (Å²) in [5.74, 6) is -2.59. The number of cyclic esters (lactones) is 1. The van der Waals surface area contributed by atoms with Crippen molar-refractivity contribution in [1.82, 2.24) is 16.0 Å². The average Bonchev–Trinajstić information content (AvgIpc) is 3.48. The van der Waals surface area contributed by atoms with Crippen LogP contribution in [0.4, 0.5) is 0 Å². The van der Waals surface area contributed by atoms with Gasteiger partial charge >= 0.3 is 17.9 Å². The van der Waals surface area contributed by atoms with E-state index < -0.39 is 54.3 Å². The highest BCUT2D eigenvalue weighted by atomic mass is 16.7. The van der Waals surface area contributed by atoms with Crippen LogP contribution in [0.3, 0.4) is 0 Å². The topological polar surface area (TPSA) is 245 Å². The molecule has 2 rings (SSSR count). The maximum absolute atomic E-state index is 12.1. The standard InChI is InChI=1S/C24H43N5O10/c25-14(5-1-3-10-27-18-8-7-16(29-18)22(33)34)21(32)28-11-4-2-6-15(26)23(35)38-13-37-12-9-17-19(30)20(31)24(36)39-17/h14-20,27,29-31H,1-13,25-26H2,(H,28,32)(H,33,34)/t14?,15?,16?,17-,18?,19-,20-/m1/s1. The molecule has 2 heterocycles. The minimum Gasteiger partial charge on any atom is -0.480 e. The Hall–Kier alpha value is -2.40. The number of carboxylic acid groups (broad SMARTS) is 1. The summed E-state index contributed by atoms with van der Waals surface area (Å²) < 4.78 is 14.9. The van der Waals surface area contributed by atoms with Crippen LogP contribution in [-0.2, 0) is 33.4 Å². The number of nitrogens with two attached hydrogens (primary N) is 2. The summed E-state index contributed by atoms with van der Waals surface area (Å²) >= 11 is 0. The summed E-state index contributed by atoms with van der Waals surface area (Å²) in [7, 11) is 0. The van der Waals surface area contributed by atoms with Gasteiger partial charge in [0.25, 0.3) is 0 Å². The van der Waals surface area contributed by atoms with Crippen molar-refractivity contribution in [2.45, 2.75) is 100 Å². The van der Waals surface area contributed by atoms with E-state index in [1.807, 2.05) is 0 Å². The van der Waals surface area contributed by atoms with Gasteiger partial charge < -0.3 is 51.6 Å². The van der Waals surface area contributed by atoms with Gasteiger partial charge in [0, 0.05) is 13.0 Å². The first-order chi connectivity index (χ1) is 18.6. The smallest absolute Gasteiger partial charge is 0.338 e. The van der Waals surface area contributed by atoms with Crippen LogP contribution in [0.2, 0.25) is 0 Å². The number of aliphatic hydroxyl groups excluding tert-OH is 2. The number of amides is 1. The Bertz CT molecular complexity index is 803. The molecule has 0 radical (unpaired) electrons. The number of nitrogens with one attached hydrogen (secondary N) is 3. The molecule has 0 spiro atoms. The Morgan fingerprint density at radius 3 is 2.38 bits per heavy atom. The van der Waals surface area contributed by atoms with E-state index in [2.05, 4.69) is 16.0 Å². The first kappa shape index (κ1) is 32.8. The Balaban J connectivity index is 1.41. The van der Waals surface area contributed by atoms with E-state index in [4.69, 9.17) is 30.8 Å². The predicted octanol–water partition coefficient (Wildman–Crippen LogP) is -2.60. The van der Waals surface area contributed by atoms with Gasteiger partial charge in [-0.3, -0.25) is 19.7 Å². The number of rotatable bonds is 19. The predicted molar refractivity (Wildman–Crippen MR) is 136 cm³/mol. The molecule has 0 aromatic heterocycles. The van der Waals surface area contributed by atoms with Crippen LogP contribution in [0.5, 0.6) is 0 Å². The molecule has 10 N–H and O–H groups in total. The summed E-state index contributed by atoms with van der Waals surface area (Å²) in [6.07, 6.45) is 1.41. The van der Waals surface area contributed by atoms with Crippen molar-refractivity contribution in [1.29, 1.82) is 0 Å². The third-order valence-corrected chi connectivity index (χ3v) is 6.70. The fraction of sp³-hybridized carbons (Fsp3) is 0.833. The lowest BCUT2D eigenvalue weighted by atomic mass is 10.1. The maximum Gasteiger partial charge on any atom is 0.338 e. The summed E-state index contributed by atoms with van der Waals surface area (Å²) in [6, 6.07) is -1.96. The molecular weight excluding hydrogens is 518 g/mol. The molecule has 15 nitrogen and oxygen atoms in total. The Labute approximate surface area is 227 Å². The summed E-state index contributed by atoms with van der Waals surface area (Å²) in [4.78, 5) is 46.2. The third kappa shape index (κ3) is 11.7. The van der Waals surface area contributed by atoms with Crippen LogP contribution < -0.4 is 27.4 Å². The Morgan fingerprint density at radius 1 is 1.05 bits per heavy atom. The Morgan fingerprint density at radius 2 is 1.74 bits per heavy atom. The third-order valence-electron chi connectivity index (χ3n) is 6.70. The van der Waals surface area contributed by atoms with E-state index in [-0.39, 0.29) is 31.9 Å². The zero-order valence-electron chi connectivity index (χ0n) is 22.1. The lowest BCUT2D eigenvalue weighted by molar-refractivity contribution is -0.159. The molecule has 2 aliphatic heterocycles. The molecule has 2 fully saturated rings. The molecule has 2 saturated heterocycles. The number of carbonyl (C=O) groups excluding carboxylic acids is 3. The number of carbonyl (C=O) groups is 4. The van der Waals surface area contributed by atoms with Gasteiger partial charge in [-0.2, -0.15) is 0 Å². The fourth-order valence-corrected chi connectivity index (χ4v) is 4.27. The highest BCUT2D eigenvalue weighted by Crippen LogP contribution is 2.18. The van der Waals surface area contributed by atoms with E-state index in [0.29, 0.717) is 45.2 Å². The Kier molecular flexibility index (Phi) is 14.6. The molecule has 7 atom stereocenters. The lowest BCUT2D eigenvalue weighted by Crippen LogP contribution is -2.43. The van der Waals surface area contributed by atoms with E-state index in [1.165, 1.54) is 0 Å². The largest absolute Gasteiger partial charge is 0.480 e. The molecule has 0 aromatic rings. The van der Waals surface area contributed by atoms with Crippen LogP contribution in [-0.4, -0.2) is 108 Å². The second-order valence-corrected chi connectivity index (χ2v) is 9.83. The van der Waals surface area contributed by atoms with Crippen molar-refractivity contribution in [3.05, 3.63) is 0 Å². The normalized spacial score (nSPS) is 26.2. The second kappa shape index (κ2) is 17.3. The molecule has 0 saturated carbocycles. The highest BCUT2D eigenvalue weighted by molar-refractivity contribution is 5.81. The van der Waals surface area contributed by atoms with Crippen LogP contribution >= 0.6 is 0 Å². The van der Waals surface area contributed by atoms with Gasteiger partial charge in [0.05, 0.1) is 18.8 Å². The van der Waals surface area contributed by atoms with Crippen molar-refractivity contribution in [3.8, 4) is 0 Å². The first-order valence-electron chi connectivity index (χ1n) is 13.4. The van der Waals surface area contributed by atoms with Crippen LogP contribution in [0.15, 0.2) is 0 Å². The quantitative estimate of drug-likeness (QED) is 0.0458. The molecule has 0 bridgehead atoms. The van der Waals surface area contributed by atoms with E-state index in [1.54, 1.807) is 0 Å². The van der Waals surface area contributed by atoms with Gasteiger partial charge in [0.15, 0.2) is 12.9 Å². The summed E-state index contributed by atoms with van der Waals surface area (Å²) in [5, 5.41) is 37.0. The van der Waals surface area contributed by atoms with E-state index in [9.17, 15) is 29.4 Å². The average molecular weight is 562 g/mol. The molecule has 1 amide bonds. The number of ether oxygens (including phenoxy) is 3. The van der Waals surface area contributed by atoms with Crippen molar-refractivity contribution < 1.29 is 48.7 Å². The minimum atomic E-state index is -1.56. The lowest BCUT2D eigenvalue weighted by Gasteiger charge is -2.15. The van der Waals surface area contributed by atoms with Crippen LogP contribution in [0.1, 0.15) is 57.8 Å². The van der Waals surface area contributed by atoms with Crippen molar-refractivity contribution >= 4 is 23.8 Å². The first-order valence-corrected chi connectivity index (χ1v) is 13.4. The number of hydrogen-bond donors (Lipinski definition) is 8. The molecule has 15 heteroatoms. The van der Waals surface area contributed by atoms with Gasteiger partial charge in [-0.05, 0) is 51.5 Å². The van der Waals surface area contributed by atoms with E-state index in [0.717, 1.165) is 19.3 Å². The van der Waals surface area contributed by atoms with E-state index >= 15 is 0 Å². The summed E-state index contributed by atoms with van der Waals surface area (Å²) in [6.45, 7) is 0.803. The monoisotopic (exact) mass is 561 g/mol. The molecule has 0 aromatic carbocycles. The number of carboxylic acids is 1. The molecule has 2 aliphatic rings. The van der Waals surface area contributed by atoms with Crippen molar-refractivity contribution in [2.24, 2.45) is 11.5 Å². The van der Waals surface area contributed by atoms with Crippen molar-refractivity contribution in [2.75, 3.05) is 26.5 Å². The van der Waals surface area contributed by atoms with Gasteiger partial charge in [-0.15, -0.1) is 0 Å². The second-order valence-electron chi connectivity index (χ2n) is 9.83. The SMILES string of the molecule is NC(CCCCNC1CCC(C(=O)O)N1)C(=O)NCCCCC(N)C(=O)OCOCC[C@H]1OC(=O)[C@H](O)[C@@H]1O. The molecule has 224 valence electrons. The number of hydrogen-bond acceptors (Lipinski definition) is 13.